The van der Waals surface area contributed by atoms with E-state index in [0.717, 1.165) is 38.5 Å². The standard InChI is InChI=1S/C23H28O2/c1-3-20(25)23-12-10-22(11-13-23)19-7-4-15-14-16(24)5-6-17(15)18(19)8-9-21(22,23)2/h10,12,14,19H,3-9,11,13H2,1-2H3/t19-,21+,22?,23+/m1/s1. The van der Waals surface area contributed by atoms with Crippen molar-refractivity contribution in [3.8, 4) is 0 Å². The minimum absolute atomic E-state index is 0.105. The van der Waals surface area contributed by atoms with Crippen LogP contribution in [0, 0.1) is 22.2 Å². The zero-order chi connectivity index (χ0) is 17.4. The topological polar surface area (TPSA) is 34.1 Å². The summed E-state index contributed by atoms with van der Waals surface area (Å²) < 4.78 is 0. The van der Waals surface area contributed by atoms with Gasteiger partial charge in [0.25, 0.3) is 0 Å². The van der Waals surface area contributed by atoms with Crippen molar-refractivity contribution in [3.63, 3.8) is 0 Å². The molecular formula is C23H28O2. The van der Waals surface area contributed by atoms with Gasteiger partial charge in [-0.2, -0.15) is 0 Å². The fraction of sp³-hybridized carbons (Fsp3) is 0.652. The van der Waals surface area contributed by atoms with E-state index >= 15 is 0 Å². The molecule has 0 aromatic carbocycles. The van der Waals surface area contributed by atoms with Gasteiger partial charge in [0, 0.05) is 18.3 Å². The highest BCUT2D eigenvalue weighted by molar-refractivity contribution is 5.93. The van der Waals surface area contributed by atoms with Crippen molar-refractivity contribution < 1.29 is 9.59 Å². The number of allylic oxidation sites excluding steroid dienone is 6. The molecule has 5 aliphatic carbocycles. The molecule has 0 amide bonds. The van der Waals surface area contributed by atoms with Gasteiger partial charge < -0.3 is 0 Å². The Bertz CT molecular complexity index is 782. The molecule has 132 valence electrons. The summed E-state index contributed by atoms with van der Waals surface area (Å²) in [6.45, 7) is 4.45. The van der Waals surface area contributed by atoms with Crippen LogP contribution in [0.15, 0.2) is 34.9 Å². The van der Waals surface area contributed by atoms with Crippen LogP contribution in [0.4, 0.5) is 0 Å². The van der Waals surface area contributed by atoms with E-state index in [1.165, 1.54) is 17.6 Å². The van der Waals surface area contributed by atoms with Crippen LogP contribution in [-0.2, 0) is 9.59 Å². The highest BCUT2D eigenvalue weighted by Gasteiger charge is 2.72. The molecule has 0 heterocycles. The molecule has 25 heavy (non-hydrogen) atoms. The molecule has 2 saturated carbocycles. The monoisotopic (exact) mass is 336 g/mol. The normalized spacial score (nSPS) is 44.3. The minimum Gasteiger partial charge on any atom is -0.299 e. The number of fused-ring (bicyclic) bond motifs is 2. The third-order valence-electron chi connectivity index (χ3n) is 8.80. The zero-order valence-corrected chi connectivity index (χ0v) is 15.5. The molecule has 2 fully saturated rings. The Morgan fingerprint density at radius 3 is 2.68 bits per heavy atom. The first kappa shape index (κ1) is 15.8. The maximum atomic E-state index is 13.0. The van der Waals surface area contributed by atoms with Gasteiger partial charge in [0.1, 0.15) is 5.78 Å². The van der Waals surface area contributed by atoms with Crippen molar-refractivity contribution in [3.05, 3.63) is 34.9 Å². The Balaban J connectivity index is 1.63. The fourth-order valence-corrected chi connectivity index (χ4v) is 7.50. The van der Waals surface area contributed by atoms with Crippen molar-refractivity contribution in [2.24, 2.45) is 22.2 Å². The summed E-state index contributed by atoms with van der Waals surface area (Å²) >= 11 is 0. The average Bonchev–Trinajstić information content (AvgIpc) is 3.05. The highest BCUT2D eigenvalue weighted by atomic mass is 16.1. The highest BCUT2D eigenvalue weighted by Crippen LogP contribution is 2.77. The maximum Gasteiger partial charge on any atom is 0.156 e. The van der Waals surface area contributed by atoms with E-state index in [0.29, 0.717) is 30.3 Å². The number of ketones is 2. The molecule has 2 nitrogen and oxygen atoms in total. The smallest absolute Gasteiger partial charge is 0.156 e. The molecule has 5 aliphatic rings. The van der Waals surface area contributed by atoms with E-state index in [-0.39, 0.29) is 16.2 Å². The van der Waals surface area contributed by atoms with Crippen molar-refractivity contribution >= 4 is 11.6 Å². The van der Waals surface area contributed by atoms with Crippen molar-refractivity contribution in [1.82, 2.24) is 0 Å². The van der Waals surface area contributed by atoms with Gasteiger partial charge in [-0.1, -0.05) is 31.6 Å². The van der Waals surface area contributed by atoms with Crippen LogP contribution in [-0.4, -0.2) is 11.6 Å². The fourth-order valence-electron chi connectivity index (χ4n) is 7.50. The van der Waals surface area contributed by atoms with Crippen molar-refractivity contribution in [2.75, 3.05) is 0 Å². The third-order valence-corrected chi connectivity index (χ3v) is 8.80. The third kappa shape index (κ3) is 1.63. The van der Waals surface area contributed by atoms with E-state index in [1.807, 2.05) is 13.0 Å². The van der Waals surface area contributed by atoms with Gasteiger partial charge in [0.15, 0.2) is 5.78 Å². The van der Waals surface area contributed by atoms with Crippen LogP contribution in [0.3, 0.4) is 0 Å². The molecule has 5 rings (SSSR count). The summed E-state index contributed by atoms with van der Waals surface area (Å²) in [6, 6.07) is 0. The number of Topliss-reactive ketones (excluding diaryl/α,β-unsaturated/α-hetero) is 1. The first-order chi connectivity index (χ1) is 12.0. The first-order valence-corrected chi connectivity index (χ1v) is 10.2. The van der Waals surface area contributed by atoms with Crippen molar-refractivity contribution in [1.29, 1.82) is 0 Å². The van der Waals surface area contributed by atoms with Crippen LogP contribution < -0.4 is 0 Å². The van der Waals surface area contributed by atoms with Gasteiger partial charge in [-0.15, -0.1) is 0 Å². The molecule has 0 N–H and O–H groups in total. The summed E-state index contributed by atoms with van der Waals surface area (Å²) in [5.74, 6) is 1.36. The van der Waals surface area contributed by atoms with E-state index in [2.05, 4.69) is 19.1 Å². The van der Waals surface area contributed by atoms with Gasteiger partial charge >= 0.3 is 0 Å². The summed E-state index contributed by atoms with van der Waals surface area (Å²) in [4.78, 5) is 24.8. The van der Waals surface area contributed by atoms with Crippen LogP contribution in [0.5, 0.6) is 0 Å². The Hall–Kier alpha value is -1.44. The molecule has 0 saturated heterocycles. The molecule has 0 aromatic heterocycles. The summed E-state index contributed by atoms with van der Waals surface area (Å²) in [5.41, 5.74) is 4.59. The second kappa shape index (κ2) is 4.84. The maximum absolute atomic E-state index is 13.0. The summed E-state index contributed by atoms with van der Waals surface area (Å²) in [5, 5.41) is 0. The molecule has 0 radical (unpaired) electrons. The molecule has 2 heteroatoms. The second-order valence-electron chi connectivity index (χ2n) is 9.18. The molecule has 0 spiro atoms. The van der Waals surface area contributed by atoms with Crippen LogP contribution in [0.25, 0.3) is 0 Å². The van der Waals surface area contributed by atoms with Crippen LogP contribution in [0.1, 0.15) is 71.6 Å². The first-order valence-electron chi connectivity index (χ1n) is 10.2. The quantitative estimate of drug-likeness (QED) is 0.658. The van der Waals surface area contributed by atoms with Crippen LogP contribution in [0.2, 0.25) is 0 Å². The van der Waals surface area contributed by atoms with Crippen molar-refractivity contribution in [2.45, 2.75) is 71.6 Å². The molecule has 0 aliphatic heterocycles. The largest absolute Gasteiger partial charge is 0.299 e. The van der Waals surface area contributed by atoms with Gasteiger partial charge in [0.2, 0.25) is 0 Å². The molecule has 0 aromatic rings. The van der Waals surface area contributed by atoms with Gasteiger partial charge in [-0.05, 0) is 73.5 Å². The van der Waals surface area contributed by atoms with E-state index in [9.17, 15) is 9.59 Å². The Labute approximate surface area is 150 Å². The van der Waals surface area contributed by atoms with E-state index in [4.69, 9.17) is 0 Å². The zero-order valence-electron chi connectivity index (χ0n) is 15.5. The Morgan fingerprint density at radius 2 is 1.96 bits per heavy atom. The van der Waals surface area contributed by atoms with E-state index < -0.39 is 0 Å². The molecular weight excluding hydrogens is 308 g/mol. The Morgan fingerprint density at radius 1 is 1.12 bits per heavy atom. The van der Waals surface area contributed by atoms with Gasteiger partial charge in [-0.25, -0.2) is 0 Å². The van der Waals surface area contributed by atoms with Gasteiger partial charge in [-0.3, -0.25) is 9.59 Å². The molecule has 2 bridgehead atoms. The van der Waals surface area contributed by atoms with Gasteiger partial charge in [0.05, 0.1) is 5.41 Å². The second-order valence-corrected chi connectivity index (χ2v) is 9.18. The summed E-state index contributed by atoms with van der Waals surface area (Å²) in [7, 11) is 0. The molecule has 1 unspecified atom stereocenters. The number of carbonyl (C=O) groups is 2. The minimum atomic E-state index is -0.198. The Kier molecular flexibility index (Phi) is 3.05. The lowest BCUT2D eigenvalue weighted by atomic mass is 9.47. The number of hydrogen-bond acceptors (Lipinski definition) is 2. The predicted molar refractivity (Wildman–Crippen MR) is 98.0 cm³/mol. The summed E-state index contributed by atoms with van der Waals surface area (Å²) in [6.07, 6.45) is 15.7. The van der Waals surface area contributed by atoms with Crippen LogP contribution >= 0.6 is 0 Å². The number of carbonyl (C=O) groups excluding carboxylic acids is 2. The number of rotatable bonds is 2. The molecule has 4 atom stereocenters. The SMILES string of the molecule is CCC(=O)[C@]12C=CC3(CC1)[C@@H]1CCC4=CC(=O)CCC4=C1CC[C@@]32C. The number of hydrogen-bond donors (Lipinski definition) is 0. The predicted octanol–water partition coefficient (Wildman–Crippen LogP) is 5.10. The van der Waals surface area contributed by atoms with E-state index in [1.54, 1.807) is 5.57 Å². The lowest BCUT2D eigenvalue weighted by molar-refractivity contribution is -0.133. The lowest BCUT2D eigenvalue weighted by Crippen LogP contribution is -2.50. The average molecular weight is 336 g/mol. The lowest BCUT2D eigenvalue weighted by Gasteiger charge is -2.55.